The molecule has 0 bridgehead atoms. The Morgan fingerprint density at radius 3 is 2.55 bits per heavy atom. The SMILES string of the molecule is C[C@@H](CN)NC(=O)c1ccc(-c2ccc(OC(F)F)cc2)s1. The topological polar surface area (TPSA) is 64.3 Å². The molecule has 3 N–H and O–H groups in total. The number of halogens is 2. The van der Waals surface area contributed by atoms with Gasteiger partial charge in [0, 0.05) is 17.5 Å². The summed E-state index contributed by atoms with van der Waals surface area (Å²) >= 11 is 1.32. The van der Waals surface area contributed by atoms with Crippen LogP contribution in [-0.2, 0) is 0 Å². The van der Waals surface area contributed by atoms with Crippen LogP contribution >= 0.6 is 11.3 Å². The molecule has 0 aliphatic heterocycles. The van der Waals surface area contributed by atoms with Crippen molar-refractivity contribution in [1.82, 2.24) is 5.32 Å². The molecular formula is C15H16F2N2O2S. The fourth-order valence-corrected chi connectivity index (χ4v) is 2.68. The van der Waals surface area contributed by atoms with Crippen molar-refractivity contribution in [1.29, 1.82) is 0 Å². The molecule has 118 valence electrons. The Bertz CT molecular complexity index is 629. The number of nitrogens with one attached hydrogen (secondary N) is 1. The van der Waals surface area contributed by atoms with Gasteiger partial charge in [-0.25, -0.2) is 0 Å². The van der Waals surface area contributed by atoms with Crippen molar-refractivity contribution in [2.75, 3.05) is 6.54 Å². The lowest BCUT2D eigenvalue weighted by atomic mass is 10.2. The molecule has 0 fully saturated rings. The first-order chi connectivity index (χ1) is 10.5. The molecule has 1 amide bonds. The smallest absolute Gasteiger partial charge is 0.387 e. The van der Waals surface area contributed by atoms with E-state index in [-0.39, 0.29) is 17.7 Å². The lowest BCUT2D eigenvalue weighted by molar-refractivity contribution is -0.0498. The highest BCUT2D eigenvalue weighted by Gasteiger charge is 2.12. The van der Waals surface area contributed by atoms with Gasteiger partial charge in [0.1, 0.15) is 5.75 Å². The van der Waals surface area contributed by atoms with Gasteiger partial charge in [-0.3, -0.25) is 4.79 Å². The lowest BCUT2D eigenvalue weighted by Gasteiger charge is -2.09. The minimum absolute atomic E-state index is 0.0937. The number of ether oxygens (including phenoxy) is 1. The molecule has 2 rings (SSSR count). The van der Waals surface area contributed by atoms with Gasteiger partial charge < -0.3 is 15.8 Å². The van der Waals surface area contributed by atoms with E-state index in [1.165, 1.54) is 23.5 Å². The van der Waals surface area contributed by atoms with E-state index in [1.54, 1.807) is 18.2 Å². The van der Waals surface area contributed by atoms with Crippen molar-refractivity contribution in [3.63, 3.8) is 0 Å². The van der Waals surface area contributed by atoms with Gasteiger partial charge in [-0.15, -0.1) is 11.3 Å². The van der Waals surface area contributed by atoms with Gasteiger partial charge in [0.15, 0.2) is 0 Å². The van der Waals surface area contributed by atoms with E-state index in [0.717, 1.165) is 10.4 Å². The summed E-state index contributed by atoms with van der Waals surface area (Å²) in [6.45, 7) is -0.642. The zero-order valence-corrected chi connectivity index (χ0v) is 12.7. The summed E-state index contributed by atoms with van der Waals surface area (Å²) in [6, 6.07) is 9.73. The normalized spacial score (nSPS) is 12.2. The van der Waals surface area contributed by atoms with Crippen LogP contribution in [0.4, 0.5) is 8.78 Å². The highest BCUT2D eigenvalue weighted by Crippen LogP contribution is 2.29. The van der Waals surface area contributed by atoms with Gasteiger partial charge in [-0.1, -0.05) is 0 Å². The Labute approximate surface area is 130 Å². The number of nitrogens with two attached hydrogens (primary N) is 1. The van der Waals surface area contributed by atoms with Crippen LogP contribution in [0, 0.1) is 0 Å². The minimum Gasteiger partial charge on any atom is -0.435 e. The van der Waals surface area contributed by atoms with Crippen molar-refractivity contribution in [2.45, 2.75) is 19.6 Å². The first-order valence-electron chi connectivity index (χ1n) is 6.65. The maximum atomic E-state index is 12.1. The lowest BCUT2D eigenvalue weighted by Crippen LogP contribution is -2.37. The van der Waals surface area contributed by atoms with Crippen LogP contribution in [0.2, 0.25) is 0 Å². The zero-order valence-electron chi connectivity index (χ0n) is 11.9. The summed E-state index contributed by atoms with van der Waals surface area (Å²) in [4.78, 5) is 13.4. The maximum absolute atomic E-state index is 12.1. The quantitative estimate of drug-likeness (QED) is 0.857. The van der Waals surface area contributed by atoms with Gasteiger partial charge in [-0.2, -0.15) is 8.78 Å². The minimum atomic E-state index is -2.84. The van der Waals surface area contributed by atoms with Crippen molar-refractivity contribution in [3.8, 4) is 16.2 Å². The van der Waals surface area contributed by atoms with E-state index in [4.69, 9.17) is 5.73 Å². The molecule has 1 heterocycles. The number of carbonyl (C=O) groups excluding carboxylic acids is 1. The molecule has 7 heteroatoms. The molecule has 0 spiro atoms. The summed E-state index contributed by atoms with van der Waals surface area (Å²) in [5, 5.41) is 2.78. The molecule has 4 nitrogen and oxygen atoms in total. The monoisotopic (exact) mass is 326 g/mol. The molecular weight excluding hydrogens is 310 g/mol. The first-order valence-corrected chi connectivity index (χ1v) is 7.47. The van der Waals surface area contributed by atoms with Crippen molar-refractivity contribution >= 4 is 17.2 Å². The molecule has 22 heavy (non-hydrogen) atoms. The van der Waals surface area contributed by atoms with Gasteiger partial charge in [-0.05, 0) is 48.9 Å². The molecule has 1 aromatic carbocycles. The highest BCUT2D eigenvalue weighted by molar-refractivity contribution is 7.17. The van der Waals surface area contributed by atoms with Crippen molar-refractivity contribution < 1.29 is 18.3 Å². The molecule has 0 aliphatic carbocycles. The number of rotatable bonds is 6. The average Bonchev–Trinajstić information content (AvgIpc) is 2.97. The van der Waals surface area contributed by atoms with Crippen LogP contribution in [-0.4, -0.2) is 25.1 Å². The largest absolute Gasteiger partial charge is 0.435 e. The Balaban J connectivity index is 2.09. The van der Waals surface area contributed by atoms with Crippen LogP contribution in [0.3, 0.4) is 0 Å². The summed E-state index contributed by atoms with van der Waals surface area (Å²) < 4.78 is 28.5. The van der Waals surface area contributed by atoms with Crippen LogP contribution in [0.1, 0.15) is 16.6 Å². The fraction of sp³-hybridized carbons (Fsp3) is 0.267. The van der Waals surface area contributed by atoms with Gasteiger partial charge >= 0.3 is 6.61 Å². The first kappa shape index (κ1) is 16.4. The molecule has 0 unspecified atom stereocenters. The van der Waals surface area contributed by atoms with E-state index < -0.39 is 6.61 Å². The van der Waals surface area contributed by atoms with Crippen LogP contribution < -0.4 is 15.8 Å². The third-order valence-electron chi connectivity index (χ3n) is 2.92. The summed E-state index contributed by atoms with van der Waals surface area (Å²) in [7, 11) is 0. The van der Waals surface area contributed by atoms with E-state index in [1.807, 2.05) is 13.0 Å². The molecule has 1 atom stereocenters. The number of hydrogen-bond acceptors (Lipinski definition) is 4. The number of benzene rings is 1. The Hall–Kier alpha value is -1.99. The van der Waals surface area contributed by atoms with Crippen molar-refractivity contribution in [3.05, 3.63) is 41.3 Å². The van der Waals surface area contributed by atoms with E-state index in [0.29, 0.717) is 11.4 Å². The predicted octanol–water partition coefficient (Wildman–Crippen LogP) is 3.09. The number of hydrogen-bond donors (Lipinski definition) is 2. The van der Waals surface area contributed by atoms with Gasteiger partial charge in [0.05, 0.1) is 4.88 Å². The van der Waals surface area contributed by atoms with Crippen LogP contribution in [0.15, 0.2) is 36.4 Å². The third kappa shape index (κ3) is 4.25. The predicted molar refractivity (Wildman–Crippen MR) is 82.4 cm³/mol. The van der Waals surface area contributed by atoms with Crippen molar-refractivity contribution in [2.24, 2.45) is 5.73 Å². The highest BCUT2D eigenvalue weighted by atomic mass is 32.1. The van der Waals surface area contributed by atoms with Gasteiger partial charge in [0.25, 0.3) is 5.91 Å². The second-order valence-electron chi connectivity index (χ2n) is 4.68. The Morgan fingerprint density at radius 2 is 1.95 bits per heavy atom. The summed E-state index contributed by atoms with van der Waals surface area (Å²) in [6.07, 6.45) is 0. The Kier molecular flexibility index (Phi) is 5.46. The van der Waals surface area contributed by atoms with E-state index >= 15 is 0 Å². The number of carbonyl (C=O) groups is 1. The standard InChI is InChI=1S/C15H16F2N2O2S/c1-9(8-18)19-14(20)13-7-6-12(22-13)10-2-4-11(5-3-10)21-15(16)17/h2-7,9,15H,8,18H2,1H3,(H,19,20)/t9-/m0/s1. The molecule has 0 saturated carbocycles. The Morgan fingerprint density at radius 1 is 1.27 bits per heavy atom. The third-order valence-corrected chi connectivity index (χ3v) is 4.06. The molecule has 1 aromatic heterocycles. The number of alkyl halides is 2. The van der Waals surface area contributed by atoms with Crippen LogP contribution in [0.5, 0.6) is 5.75 Å². The second kappa shape index (κ2) is 7.33. The van der Waals surface area contributed by atoms with Crippen LogP contribution in [0.25, 0.3) is 10.4 Å². The molecule has 0 aliphatic rings. The fourth-order valence-electron chi connectivity index (χ4n) is 1.77. The molecule has 0 radical (unpaired) electrons. The summed E-state index contributed by atoms with van der Waals surface area (Å²) in [5.74, 6) is -0.0723. The molecule has 2 aromatic rings. The molecule has 0 saturated heterocycles. The average molecular weight is 326 g/mol. The zero-order chi connectivity index (χ0) is 16.1. The maximum Gasteiger partial charge on any atom is 0.387 e. The van der Waals surface area contributed by atoms with E-state index in [9.17, 15) is 13.6 Å². The van der Waals surface area contributed by atoms with E-state index in [2.05, 4.69) is 10.1 Å². The van der Waals surface area contributed by atoms with Gasteiger partial charge in [0.2, 0.25) is 0 Å². The number of thiophene rings is 1. The number of amides is 1. The summed E-state index contributed by atoms with van der Waals surface area (Å²) in [5.41, 5.74) is 6.30. The second-order valence-corrected chi connectivity index (χ2v) is 5.76.